The van der Waals surface area contributed by atoms with Crippen molar-refractivity contribution < 1.29 is 24.2 Å². The van der Waals surface area contributed by atoms with Gasteiger partial charge in [-0.25, -0.2) is 4.79 Å². The highest BCUT2D eigenvalue weighted by molar-refractivity contribution is 6.01. The van der Waals surface area contributed by atoms with E-state index in [1.54, 1.807) is 24.3 Å². The van der Waals surface area contributed by atoms with Crippen molar-refractivity contribution in [2.24, 2.45) is 0 Å². The van der Waals surface area contributed by atoms with Crippen molar-refractivity contribution >= 4 is 17.8 Å². The molecule has 1 aromatic carbocycles. The maximum absolute atomic E-state index is 11.5. The molecule has 2 amide bonds. The maximum Gasteiger partial charge on any atom is 0.328 e. The second kappa shape index (κ2) is 5.38. The molecule has 0 spiro atoms. The van der Waals surface area contributed by atoms with Gasteiger partial charge in [-0.1, -0.05) is 18.2 Å². The summed E-state index contributed by atoms with van der Waals surface area (Å²) in [5.41, 5.74) is 0. The van der Waals surface area contributed by atoms with Crippen molar-refractivity contribution in [3.05, 3.63) is 30.3 Å². The van der Waals surface area contributed by atoms with Gasteiger partial charge in [-0.3, -0.25) is 9.59 Å². The van der Waals surface area contributed by atoms with Crippen LogP contribution in [0.15, 0.2) is 30.3 Å². The number of aliphatic carboxylic acids is 1. The van der Waals surface area contributed by atoms with Crippen LogP contribution in [0.1, 0.15) is 0 Å². The number of carbonyl (C=O) groups excluding carboxylic acids is 2. The molecular weight excluding hydrogens is 252 g/mol. The van der Waals surface area contributed by atoms with Gasteiger partial charge >= 0.3 is 5.97 Å². The van der Waals surface area contributed by atoms with Crippen LogP contribution >= 0.6 is 0 Å². The van der Waals surface area contributed by atoms with E-state index in [9.17, 15) is 14.4 Å². The summed E-state index contributed by atoms with van der Waals surface area (Å²) in [6.07, 6.45) is 0. The third-order valence-corrected chi connectivity index (χ3v) is 2.61. The molecule has 3 N–H and O–H groups in total. The van der Waals surface area contributed by atoms with Crippen molar-refractivity contribution in [2.75, 3.05) is 6.61 Å². The van der Waals surface area contributed by atoms with E-state index in [4.69, 9.17) is 9.84 Å². The Morgan fingerprint density at radius 3 is 2.58 bits per heavy atom. The van der Waals surface area contributed by atoms with Gasteiger partial charge in [0.05, 0.1) is 0 Å². The lowest BCUT2D eigenvalue weighted by molar-refractivity contribution is -0.151. The Balaban J connectivity index is 1.81. The molecule has 0 unspecified atom stereocenters. The third-order valence-electron chi connectivity index (χ3n) is 2.61. The summed E-state index contributed by atoms with van der Waals surface area (Å²) in [6.45, 7) is -0.278. The Morgan fingerprint density at radius 2 is 2.00 bits per heavy atom. The number of carboxylic acids is 1. The Kier molecular flexibility index (Phi) is 3.65. The van der Waals surface area contributed by atoms with Gasteiger partial charge in [-0.05, 0) is 12.1 Å². The van der Waals surface area contributed by atoms with Crippen LogP contribution in [0.4, 0.5) is 0 Å². The molecule has 7 heteroatoms. The quantitative estimate of drug-likeness (QED) is 0.600. The van der Waals surface area contributed by atoms with E-state index in [-0.39, 0.29) is 6.61 Å². The zero-order valence-corrected chi connectivity index (χ0v) is 9.83. The first-order valence-electron chi connectivity index (χ1n) is 5.58. The van der Waals surface area contributed by atoms with Crippen LogP contribution in [0.5, 0.6) is 5.75 Å². The number of hydrogen-bond donors (Lipinski definition) is 3. The van der Waals surface area contributed by atoms with Gasteiger partial charge in [0, 0.05) is 0 Å². The predicted octanol–water partition coefficient (Wildman–Crippen LogP) is -0.867. The fraction of sp³-hybridized carbons (Fsp3) is 0.250. The minimum absolute atomic E-state index is 0.278. The Labute approximate surface area is 108 Å². The van der Waals surface area contributed by atoms with Crippen molar-refractivity contribution in [3.63, 3.8) is 0 Å². The molecule has 2 atom stereocenters. The molecule has 19 heavy (non-hydrogen) atoms. The number of β-lactam (4-membered cyclic amide) rings is 1. The molecular formula is C12H12N2O5. The highest BCUT2D eigenvalue weighted by atomic mass is 16.5. The topological polar surface area (TPSA) is 105 Å². The average molecular weight is 264 g/mol. The van der Waals surface area contributed by atoms with Crippen LogP contribution in [-0.2, 0) is 14.4 Å². The molecule has 1 saturated heterocycles. The lowest BCUT2D eigenvalue weighted by Gasteiger charge is -2.33. The number of rotatable bonds is 5. The van der Waals surface area contributed by atoms with Gasteiger partial charge in [0.1, 0.15) is 11.8 Å². The van der Waals surface area contributed by atoms with Crippen molar-refractivity contribution in [1.29, 1.82) is 0 Å². The fourth-order valence-electron chi connectivity index (χ4n) is 1.62. The van der Waals surface area contributed by atoms with E-state index in [2.05, 4.69) is 10.6 Å². The summed E-state index contributed by atoms with van der Waals surface area (Å²) in [5, 5.41) is 13.2. The summed E-state index contributed by atoms with van der Waals surface area (Å²) in [7, 11) is 0. The summed E-state index contributed by atoms with van der Waals surface area (Å²) in [5.74, 6) is -1.73. The Morgan fingerprint density at radius 1 is 1.32 bits per heavy atom. The standard InChI is InChI=1S/C12H12N2O5/c15-8(6-19-7-4-2-1-3-5-7)13-9-10(12(17)18)14-11(9)16/h1-5,9-10H,6H2,(H,13,15)(H,14,16)(H,17,18)/t9-,10-/m0/s1. The van der Waals surface area contributed by atoms with E-state index in [1.165, 1.54) is 0 Å². The number of nitrogens with one attached hydrogen (secondary N) is 2. The maximum atomic E-state index is 11.5. The third kappa shape index (κ3) is 3.01. The SMILES string of the molecule is O=C(COc1ccccc1)N[C@@H]1C(=O)N[C@@H]1C(=O)O. The largest absolute Gasteiger partial charge is 0.484 e. The molecule has 1 heterocycles. The van der Waals surface area contributed by atoms with Crippen LogP contribution in [0.25, 0.3) is 0 Å². The van der Waals surface area contributed by atoms with Crippen LogP contribution < -0.4 is 15.4 Å². The van der Waals surface area contributed by atoms with Gasteiger partial charge in [-0.2, -0.15) is 0 Å². The summed E-state index contributed by atoms with van der Waals surface area (Å²) < 4.78 is 5.18. The van der Waals surface area contributed by atoms with Crippen LogP contribution in [-0.4, -0.2) is 41.6 Å². The zero-order chi connectivity index (χ0) is 13.8. The molecule has 2 rings (SSSR count). The normalized spacial score (nSPS) is 20.9. The van der Waals surface area contributed by atoms with Crippen molar-refractivity contribution in [2.45, 2.75) is 12.1 Å². The Bertz CT molecular complexity index is 502. The Hall–Kier alpha value is -2.57. The lowest BCUT2D eigenvalue weighted by Crippen LogP contribution is -2.72. The van der Waals surface area contributed by atoms with E-state index in [1.807, 2.05) is 6.07 Å². The van der Waals surface area contributed by atoms with Gasteiger partial charge < -0.3 is 20.5 Å². The van der Waals surface area contributed by atoms with Crippen LogP contribution in [0, 0.1) is 0 Å². The molecule has 0 saturated carbocycles. The van der Waals surface area contributed by atoms with E-state index in [0.717, 1.165) is 0 Å². The highest BCUT2D eigenvalue weighted by Crippen LogP contribution is 2.09. The molecule has 100 valence electrons. The second-order valence-electron chi connectivity index (χ2n) is 3.97. The molecule has 0 radical (unpaired) electrons. The summed E-state index contributed by atoms with van der Waals surface area (Å²) in [6, 6.07) is 6.58. The van der Waals surface area contributed by atoms with E-state index < -0.39 is 29.9 Å². The molecule has 1 fully saturated rings. The first-order valence-corrected chi connectivity index (χ1v) is 5.58. The predicted molar refractivity (Wildman–Crippen MR) is 63.4 cm³/mol. The van der Waals surface area contributed by atoms with Crippen LogP contribution in [0.3, 0.4) is 0 Å². The van der Waals surface area contributed by atoms with E-state index >= 15 is 0 Å². The lowest BCUT2D eigenvalue weighted by atomic mass is 9.99. The number of carbonyl (C=O) groups is 3. The van der Waals surface area contributed by atoms with Gasteiger partial charge in [-0.15, -0.1) is 0 Å². The van der Waals surface area contributed by atoms with Gasteiger partial charge in [0.15, 0.2) is 12.6 Å². The average Bonchev–Trinajstić information content (AvgIpc) is 2.40. The van der Waals surface area contributed by atoms with Crippen LogP contribution in [0.2, 0.25) is 0 Å². The minimum atomic E-state index is -1.19. The van der Waals surface area contributed by atoms with E-state index in [0.29, 0.717) is 5.75 Å². The number of carboxylic acid groups (broad SMARTS) is 1. The summed E-state index contributed by atoms with van der Waals surface area (Å²) >= 11 is 0. The molecule has 7 nitrogen and oxygen atoms in total. The number of hydrogen-bond acceptors (Lipinski definition) is 4. The zero-order valence-electron chi connectivity index (χ0n) is 9.83. The number of ether oxygens (including phenoxy) is 1. The summed E-state index contributed by atoms with van der Waals surface area (Å²) in [4.78, 5) is 33.4. The molecule has 0 aromatic heterocycles. The minimum Gasteiger partial charge on any atom is -0.484 e. The first-order chi connectivity index (χ1) is 9.08. The molecule has 1 aromatic rings. The molecule has 1 aliphatic rings. The van der Waals surface area contributed by atoms with Gasteiger partial charge in [0.25, 0.3) is 5.91 Å². The molecule has 0 aliphatic carbocycles. The fourth-order valence-corrected chi connectivity index (χ4v) is 1.62. The van der Waals surface area contributed by atoms with Crippen molar-refractivity contribution in [1.82, 2.24) is 10.6 Å². The number of benzene rings is 1. The monoisotopic (exact) mass is 264 g/mol. The molecule has 1 aliphatic heterocycles. The van der Waals surface area contributed by atoms with Gasteiger partial charge in [0.2, 0.25) is 5.91 Å². The first kappa shape index (κ1) is 12.9. The molecule has 0 bridgehead atoms. The number of para-hydroxylation sites is 1. The smallest absolute Gasteiger partial charge is 0.328 e. The number of amides is 2. The van der Waals surface area contributed by atoms with Crippen molar-refractivity contribution in [3.8, 4) is 5.75 Å². The highest BCUT2D eigenvalue weighted by Gasteiger charge is 2.45. The second-order valence-corrected chi connectivity index (χ2v) is 3.97.